The van der Waals surface area contributed by atoms with Gasteiger partial charge in [-0.05, 0) is 67.9 Å². The molecule has 0 aliphatic carbocycles. The molecule has 0 aliphatic heterocycles. The Kier molecular flexibility index (Phi) is 7.35. The van der Waals surface area contributed by atoms with Crippen molar-refractivity contribution in [3.8, 4) is 0 Å². The first-order valence-corrected chi connectivity index (χ1v) is 10.1. The molecule has 28 heavy (non-hydrogen) atoms. The molecule has 2 amide bonds. The Bertz CT molecular complexity index is 768. The Morgan fingerprint density at radius 2 is 1.82 bits per heavy atom. The molecule has 0 saturated heterocycles. The Morgan fingerprint density at radius 3 is 2.43 bits per heavy atom. The highest BCUT2D eigenvalue weighted by atomic mass is 16.2. The second-order valence-corrected chi connectivity index (χ2v) is 8.79. The van der Waals surface area contributed by atoms with Gasteiger partial charge in [0.2, 0.25) is 0 Å². The highest BCUT2D eigenvalue weighted by molar-refractivity contribution is 5.97. The van der Waals surface area contributed by atoms with Crippen LogP contribution < -0.4 is 10.6 Å². The molecule has 156 valence electrons. The number of nitrogens with zero attached hydrogens (tertiary/aromatic N) is 5. The molecule has 0 fully saturated rings. The van der Waals surface area contributed by atoms with Crippen LogP contribution in [0.2, 0.25) is 0 Å². The molecule has 0 spiro atoms. The third-order valence-electron chi connectivity index (χ3n) is 4.52. The zero-order chi connectivity index (χ0) is 20.9. The van der Waals surface area contributed by atoms with Gasteiger partial charge in [0.05, 0.1) is 11.6 Å². The van der Waals surface area contributed by atoms with Crippen LogP contribution in [0.15, 0.2) is 12.5 Å². The summed E-state index contributed by atoms with van der Waals surface area (Å²) in [5.41, 5.74) is 0.422. The minimum absolute atomic E-state index is 0.289. The maximum atomic E-state index is 12.1. The lowest BCUT2D eigenvalue weighted by Gasteiger charge is -2.30. The number of unbranched alkanes of at least 4 members (excludes halogenated alkanes) is 1. The number of aryl methyl sites for hydroxylation is 1. The van der Waals surface area contributed by atoms with E-state index in [1.165, 1.54) is 6.33 Å². The SMILES string of the molecule is CC(C)N(CCCCn1ncc2c(NC(=O)NC(C)(C)C)ncnc21)C(C)C. The Morgan fingerprint density at radius 1 is 1.14 bits per heavy atom. The predicted octanol–water partition coefficient (Wildman–Crippen LogP) is 3.65. The summed E-state index contributed by atoms with van der Waals surface area (Å²) in [7, 11) is 0. The summed E-state index contributed by atoms with van der Waals surface area (Å²) < 4.78 is 1.89. The number of rotatable bonds is 8. The molecule has 0 atom stereocenters. The van der Waals surface area contributed by atoms with Crippen molar-refractivity contribution in [3.63, 3.8) is 0 Å². The first-order valence-electron chi connectivity index (χ1n) is 10.1. The quantitative estimate of drug-likeness (QED) is 0.673. The Hall–Kier alpha value is -2.22. The average molecular weight is 390 g/mol. The van der Waals surface area contributed by atoms with E-state index >= 15 is 0 Å². The van der Waals surface area contributed by atoms with E-state index < -0.39 is 0 Å². The van der Waals surface area contributed by atoms with Gasteiger partial charge >= 0.3 is 6.03 Å². The van der Waals surface area contributed by atoms with Crippen molar-refractivity contribution in [1.82, 2.24) is 30.0 Å². The first kappa shape index (κ1) is 22.1. The van der Waals surface area contributed by atoms with E-state index in [0.717, 1.165) is 37.0 Å². The van der Waals surface area contributed by atoms with Gasteiger partial charge in [0.1, 0.15) is 12.1 Å². The van der Waals surface area contributed by atoms with Crippen LogP contribution in [0.1, 0.15) is 61.3 Å². The van der Waals surface area contributed by atoms with Crippen molar-refractivity contribution < 1.29 is 4.79 Å². The number of aromatic nitrogens is 4. The van der Waals surface area contributed by atoms with Crippen molar-refractivity contribution in [2.45, 2.75) is 85.5 Å². The number of fused-ring (bicyclic) bond motifs is 1. The normalized spacial score (nSPS) is 12.4. The molecule has 0 bridgehead atoms. The number of hydrogen-bond acceptors (Lipinski definition) is 5. The number of carbonyl (C=O) groups is 1. The summed E-state index contributed by atoms with van der Waals surface area (Å²) >= 11 is 0. The van der Waals surface area contributed by atoms with Gasteiger partial charge in [-0.15, -0.1) is 0 Å². The molecule has 2 N–H and O–H groups in total. The van der Waals surface area contributed by atoms with E-state index in [-0.39, 0.29) is 11.6 Å². The fraction of sp³-hybridized carbons (Fsp3) is 0.700. The van der Waals surface area contributed by atoms with Crippen molar-refractivity contribution in [3.05, 3.63) is 12.5 Å². The third kappa shape index (κ3) is 6.15. The van der Waals surface area contributed by atoms with E-state index in [4.69, 9.17) is 0 Å². The first-order chi connectivity index (χ1) is 13.1. The van der Waals surface area contributed by atoms with E-state index in [9.17, 15) is 4.79 Å². The third-order valence-corrected chi connectivity index (χ3v) is 4.52. The summed E-state index contributed by atoms with van der Waals surface area (Å²) in [6, 6.07) is 0.806. The van der Waals surface area contributed by atoms with Gasteiger partial charge in [-0.25, -0.2) is 19.4 Å². The number of urea groups is 1. The molecule has 0 radical (unpaired) electrons. The lowest BCUT2D eigenvalue weighted by molar-refractivity contribution is 0.171. The van der Waals surface area contributed by atoms with Crippen LogP contribution in [0, 0.1) is 0 Å². The van der Waals surface area contributed by atoms with Gasteiger partial charge < -0.3 is 5.32 Å². The van der Waals surface area contributed by atoms with Crippen LogP contribution in [-0.2, 0) is 6.54 Å². The fourth-order valence-corrected chi connectivity index (χ4v) is 3.30. The summed E-state index contributed by atoms with van der Waals surface area (Å²) in [5, 5.41) is 10.9. The topological polar surface area (TPSA) is 88.0 Å². The molecule has 0 aromatic carbocycles. The largest absolute Gasteiger partial charge is 0.333 e. The highest BCUT2D eigenvalue weighted by Gasteiger charge is 2.17. The van der Waals surface area contributed by atoms with Crippen molar-refractivity contribution in [2.24, 2.45) is 0 Å². The molecular formula is C20H35N7O. The second kappa shape index (κ2) is 9.32. The Labute approximate surface area is 168 Å². The number of amides is 2. The molecule has 0 aliphatic rings. The van der Waals surface area contributed by atoms with Crippen LogP contribution >= 0.6 is 0 Å². The molecule has 8 nitrogen and oxygen atoms in total. The van der Waals surface area contributed by atoms with Crippen LogP contribution in [-0.4, -0.2) is 54.8 Å². The Balaban J connectivity index is 1.99. The standard InChI is InChI=1S/C20H35N7O/c1-14(2)26(15(3)4)10-8-9-11-27-18-16(12-23-27)17(21-13-22-18)24-19(28)25-20(5,6)7/h12-15H,8-11H2,1-7H3,(H2,21,22,24,25,28). The molecule has 2 aromatic rings. The smallest absolute Gasteiger partial charge is 0.320 e. The number of anilines is 1. The van der Waals surface area contributed by atoms with Crippen LogP contribution in [0.25, 0.3) is 11.0 Å². The van der Waals surface area contributed by atoms with E-state index in [2.05, 4.69) is 58.3 Å². The van der Waals surface area contributed by atoms with Crippen molar-refractivity contribution in [1.29, 1.82) is 0 Å². The van der Waals surface area contributed by atoms with Crippen molar-refractivity contribution in [2.75, 3.05) is 11.9 Å². The number of carbonyl (C=O) groups excluding carboxylic acids is 1. The molecule has 0 unspecified atom stereocenters. The van der Waals surface area contributed by atoms with Gasteiger partial charge in [0, 0.05) is 24.2 Å². The zero-order valence-electron chi connectivity index (χ0n) is 18.3. The summed E-state index contributed by atoms with van der Waals surface area (Å²) in [6.45, 7) is 16.6. The molecule has 8 heteroatoms. The minimum Gasteiger partial charge on any atom is -0.333 e. The molecule has 2 rings (SSSR count). The summed E-state index contributed by atoms with van der Waals surface area (Å²) in [5.74, 6) is 0.476. The van der Waals surface area contributed by atoms with Gasteiger partial charge in [-0.3, -0.25) is 10.2 Å². The zero-order valence-corrected chi connectivity index (χ0v) is 18.3. The van der Waals surface area contributed by atoms with Gasteiger partial charge in [0.25, 0.3) is 0 Å². The van der Waals surface area contributed by atoms with E-state index in [1.807, 2.05) is 25.5 Å². The monoisotopic (exact) mass is 389 g/mol. The van der Waals surface area contributed by atoms with Crippen molar-refractivity contribution >= 4 is 22.9 Å². The molecule has 2 heterocycles. The van der Waals surface area contributed by atoms with Gasteiger partial charge in [-0.2, -0.15) is 5.10 Å². The maximum Gasteiger partial charge on any atom is 0.320 e. The molecule has 2 aromatic heterocycles. The van der Waals surface area contributed by atoms with Crippen LogP contribution in [0.4, 0.5) is 10.6 Å². The second-order valence-electron chi connectivity index (χ2n) is 8.79. The minimum atomic E-state index is -0.319. The highest BCUT2D eigenvalue weighted by Crippen LogP contribution is 2.19. The predicted molar refractivity (Wildman–Crippen MR) is 113 cm³/mol. The molecular weight excluding hydrogens is 354 g/mol. The number of nitrogens with one attached hydrogen (secondary N) is 2. The van der Waals surface area contributed by atoms with E-state index in [0.29, 0.717) is 17.9 Å². The molecule has 0 saturated carbocycles. The van der Waals surface area contributed by atoms with Gasteiger partial charge in [0.15, 0.2) is 5.65 Å². The lowest BCUT2D eigenvalue weighted by Crippen LogP contribution is -2.43. The maximum absolute atomic E-state index is 12.1. The average Bonchev–Trinajstić information content (AvgIpc) is 2.96. The lowest BCUT2D eigenvalue weighted by atomic mass is 10.1. The number of hydrogen-bond donors (Lipinski definition) is 2. The van der Waals surface area contributed by atoms with Crippen LogP contribution in [0.5, 0.6) is 0 Å². The van der Waals surface area contributed by atoms with Crippen LogP contribution in [0.3, 0.4) is 0 Å². The van der Waals surface area contributed by atoms with E-state index in [1.54, 1.807) is 6.20 Å². The fourth-order valence-electron chi connectivity index (χ4n) is 3.30. The summed E-state index contributed by atoms with van der Waals surface area (Å²) in [6.07, 6.45) is 5.30. The van der Waals surface area contributed by atoms with Gasteiger partial charge in [-0.1, -0.05) is 0 Å². The summed E-state index contributed by atoms with van der Waals surface area (Å²) in [4.78, 5) is 23.2.